The van der Waals surface area contributed by atoms with Crippen molar-refractivity contribution in [3.63, 3.8) is 0 Å². The van der Waals surface area contributed by atoms with Crippen LogP contribution in [0, 0.1) is 0 Å². The smallest absolute Gasteiger partial charge is 0.121 e. The van der Waals surface area contributed by atoms with Crippen LogP contribution >= 0.6 is 0 Å². The summed E-state index contributed by atoms with van der Waals surface area (Å²) in [6, 6.07) is 0. The summed E-state index contributed by atoms with van der Waals surface area (Å²) in [5, 5.41) is 4.06. The van der Waals surface area contributed by atoms with E-state index in [9.17, 15) is 0 Å². The molecule has 0 aromatic rings. The largest absolute Gasteiger partial charge is 0.384 e. The summed E-state index contributed by atoms with van der Waals surface area (Å²) in [6.07, 6.45) is 6.99. The number of nitrogens with one attached hydrogen (secondary N) is 1. The van der Waals surface area contributed by atoms with Gasteiger partial charge in [-0.15, -0.1) is 0 Å². The van der Waals surface area contributed by atoms with Crippen molar-refractivity contribution in [1.29, 1.82) is 0 Å². The molecule has 0 saturated heterocycles. The first-order valence-corrected chi connectivity index (χ1v) is 5.85. The minimum Gasteiger partial charge on any atom is -0.384 e. The third-order valence-corrected chi connectivity index (χ3v) is 2.59. The number of aliphatic imine (C=N–C) groups is 1. The van der Waals surface area contributed by atoms with E-state index in [1.807, 2.05) is 20.1 Å². The zero-order valence-electron chi connectivity index (χ0n) is 11.0. The number of nitrogens with zero attached hydrogens (tertiary/aromatic N) is 2. The summed E-state index contributed by atoms with van der Waals surface area (Å²) in [6.45, 7) is 11.6. The lowest BCUT2D eigenvalue weighted by Crippen LogP contribution is -2.06. The second-order valence-corrected chi connectivity index (χ2v) is 4.23. The molecule has 1 aliphatic heterocycles. The van der Waals surface area contributed by atoms with Crippen LogP contribution in [0.2, 0.25) is 0 Å². The summed E-state index contributed by atoms with van der Waals surface area (Å²) >= 11 is 0. The molecule has 0 aromatic carbocycles. The first kappa shape index (κ1) is 14.0. The maximum absolute atomic E-state index is 5.76. The molecule has 0 amide bonds. The van der Waals surface area contributed by atoms with Gasteiger partial charge in [0.1, 0.15) is 5.82 Å². The molecule has 0 radical (unpaired) electrons. The first-order chi connectivity index (χ1) is 8.56. The Labute approximate surface area is 108 Å². The summed E-state index contributed by atoms with van der Waals surface area (Å²) in [5.41, 5.74) is 12.4. The number of hydrogen-bond donors (Lipinski definition) is 2. The highest BCUT2D eigenvalue weighted by molar-refractivity contribution is 5.85. The van der Waals surface area contributed by atoms with E-state index >= 15 is 0 Å². The van der Waals surface area contributed by atoms with Gasteiger partial charge in [-0.05, 0) is 49.5 Å². The zero-order chi connectivity index (χ0) is 13.5. The SMILES string of the molecule is C=CC1=C(C(=C)C=NC(N)=C(C)C)CCC=NN1. The highest BCUT2D eigenvalue weighted by Gasteiger charge is 2.08. The first-order valence-electron chi connectivity index (χ1n) is 5.85. The summed E-state index contributed by atoms with van der Waals surface area (Å²) in [4.78, 5) is 4.19. The number of rotatable bonds is 4. The molecule has 4 heteroatoms. The van der Waals surface area contributed by atoms with Gasteiger partial charge in [-0.3, -0.25) is 5.43 Å². The average molecular weight is 244 g/mol. The van der Waals surface area contributed by atoms with Crippen LogP contribution < -0.4 is 11.2 Å². The van der Waals surface area contributed by atoms with Crippen LogP contribution in [0.3, 0.4) is 0 Å². The second kappa shape index (κ2) is 6.59. The lowest BCUT2D eigenvalue weighted by Gasteiger charge is -2.09. The van der Waals surface area contributed by atoms with E-state index in [0.717, 1.165) is 35.3 Å². The van der Waals surface area contributed by atoms with E-state index in [-0.39, 0.29) is 0 Å². The average Bonchev–Trinajstić information content (AvgIpc) is 2.60. The van der Waals surface area contributed by atoms with Crippen LogP contribution in [0.4, 0.5) is 0 Å². The quantitative estimate of drug-likeness (QED) is 0.747. The minimum absolute atomic E-state index is 0.523. The van der Waals surface area contributed by atoms with E-state index in [1.165, 1.54) is 0 Å². The van der Waals surface area contributed by atoms with Crippen LogP contribution in [0.1, 0.15) is 26.7 Å². The van der Waals surface area contributed by atoms with E-state index in [4.69, 9.17) is 5.73 Å². The molecule has 18 heavy (non-hydrogen) atoms. The molecule has 0 unspecified atom stereocenters. The third-order valence-electron chi connectivity index (χ3n) is 2.59. The Morgan fingerprint density at radius 1 is 1.56 bits per heavy atom. The fraction of sp³-hybridized carbons (Fsp3) is 0.286. The van der Waals surface area contributed by atoms with Crippen molar-refractivity contribution in [1.82, 2.24) is 5.43 Å². The number of nitrogens with two attached hydrogens (primary N) is 1. The standard InChI is InChI=1S/C14H20N4/c1-5-13-12(7-6-8-17-18-13)11(4)9-16-14(15)10(2)3/h5,8-9,18H,1,4,6-7,15H2,2-3H3. The van der Waals surface area contributed by atoms with Crippen molar-refractivity contribution >= 4 is 12.4 Å². The van der Waals surface area contributed by atoms with E-state index in [0.29, 0.717) is 5.82 Å². The predicted octanol–water partition coefficient (Wildman–Crippen LogP) is 2.63. The fourth-order valence-corrected chi connectivity index (χ4v) is 1.45. The Bertz CT molecular complexity index is 460. The molecular formula is C14H20N4. The van der Waals surface area contributed by atoms with Crippen molar-refractivity contribution in [3.05, 3.63) is 47.5 Å². The van der Waals surface area contributed by atoms with Crippen molar-refractivity contribution in [2.45, 2.75) is 26.7 Å². The molecular weight excluding hydrogens is 224 g/mol. The Hall–Kier alpha value is -2.10. The van der Waals surface area contributed by atoms with Crippen LogP contribution in [-0.2, 0) is 0 Å². The van der Waals surface area contributed by atoms with Crippen LogP contribution in [0.15, 0.2) is 57.6 Å². The second-order valence-electron chi connectivity index (χ2n) is 4.23. The van der Waals surface area contributed by atoms with Crippen molar-refractivity contribution in [2.24, 2.45) is 15.8 Å². The Morgan fingerprint density at radius 2 is 2.28 bits per heavy atom. The Kier molecular flexibility index (Phi) is 5.11. The molecule has 0 atom stereocenters. The van der Waals surface area contributed by atoms with Gasteiger partial charge in [0.2, 0.25) is 0 Å². The summed E-state index contributed by atoms with van der Waals surface area (Å²) < 4.78 is 0. The normalized spacial score (nSPS) is 15.2. The Morgan fingerprint density at radius 3 is 2.89 bits per heavy atom. The summed E-state index contributed by atoms with van der Waals surface area (Å²) in [5.74, 6) is 0.523. The molecule has 96 valence electrons. The maximum Gasteiger partial charge on any atom is 0.121 e. The van der Waals surface area contributed by atoms with Gasteiger partial charge in [-0.2, -0.15) is 5.10 Å². The van der Waals surface area contributed by atoms with Gasteiger partial charge in [0.05, 0.1) is 5.70 Å². The Balaban J connectivity index is 2.92. The molecule has 4 nitrogen and oxygen atoms in total. The number of hydrazone groups is 1. The molecule has 1 rings (SSSR count). The topological polar surface area (TPSA) is 62.8 Å². The highest BCUT2D eigenvalue weighted by Crippen LogP contribution is 2.19. The predicted molar refractivity (Wildman–Crippen MR) is 78.3 cm³/mol. The van der Waals surface area contributed by atoms with Crippen LogP contribution in [0.5, 0.6) is 0 Å². The van der Waals surface area contributed by atoms with Gasteiger partial charge in [0.15, 0.2) is 0 Å². The monoisotopic (exact) mass is 244 g/mol. The van der Waals surface area contributed by atoms with Gasteiger partial charge >= 0.3 is 0 Å². The lowest BCUT2D eigenvalue weighted by molar-refractivity contribution is 0.913. The van der Waals surface area contributed by atoms with Gasteiger partial charge in [-0.25, -0.2) is 4.99 Å². The molecule has 0 bridgehead atoms. The van der Waals surface area contributed by atoms with E-state index < -0.39 is 0 Å². The molecule has 0 fully saturated rings. The number of allylic oxidation sites excluding steroid dienone is 4. The van der Waals surface area contributed by atoms with Gasteiger partial charge in [-0.1, -0.05) is 13.2 Å². The molecule has 1 aliphatic rings. The molecule has 0 saturated carbocycles. The van der Waals surface area contributed by atoms with E-state index in [2.05, 4.69) is 28.7 Å². The maximum atomic E-state index is 5.76. The van der Waals surface area contributed by atoms with Crippen LogP contribution in [-0.4, -0.2) is 12.4 Å². The molecule has 0 aromatic heterocycles. The molecule has 3 N–H and O–H groups in total. The minimum atomic E-state index is 0.523. The zero-order valence-corrected chi connectivity index (χ0v) is 11.0. The molecule has 1 heterocycles. The van der Waals surface area contributed by atoms with Crippen molar-refractivity contribution in [3.8, 4) is 0 Å². The van der Waals surface area contributed by atoms with Gasteiger partial charge in [0.25, 0.3) is 0 Å². The molecule has 0 aliphatic carbocycles. The fourth-order valence-electron chi connectivity index (χ4n) is 1.45. The van der Waals surface area contributed by atoms with E-state index in [1.54, 1.807) is 12.3 Å². The van der Waals surface area contributed by atoms with Gasteiger partial charge < -0.3 is 5.73 Å². The molecule has 0 spiro atoms. The van der Waals surface area contributed by atoms with Crippen LogP contribution in [0.25, 0.3) is 0 Å². The van der Waals surface area contributed by atoms with Crippen molar-refractivity contribution < 1.29 is 0 Å². The van der Waals surface area contributed by atoms with Crippen molar-refractivity contribution in [2.75, 3.05) is 0 Å². The third kappa shape index (κ3) is 3.73. The highest BCUT2D eigenvalue weighted by atomic mass is 15.3. The van der Waals surface area contributed by atoms with Gasteiger partial charge in [0, 0.05) is 12.4 Å². The lowest BCUT2D eigenvalue weighted by atomic mass is 10.0. The number of hydrogen-bond acceptors (Lipinski definition) is 4. The summed E-state index contributed by atoms with van der Waals surface area (Å²) in [7, 11) is 0.